The summed E-state index contributed by atoms with van der Waals surface area (Å²) in [5.74, 6) is -1.58. The Labute approximate surface area is 162 Å². The number of primary amides is 1. The molecule has 7 N–H and O–H groups in total. The second-order valence-corrected chi connectivity index (χ2v) is 7.01. The van der Waals surface area contributed by atoms with Crippen molar-refractivity contribution in [2.45, 2.75) is 37.4 Å². The Morgan fingerprint density at radius 2 is 2.07 bits per heavy atom. The molecule has 0 bridgehead atoms. The van der Waals surface area contributed by atoms with Gasteiger partial charge in [0.2, 0.25) is 17.7 Å². The van der Waals surface area contributed by atoms with Gasteiger partial charge < -0.3 is 31.8 Å². The predicted octanol–water partition coefficient (Wildman–Crippen LogP) is -1.01. The third-order valence-corrected chi connectivity index (χ3v) is 5.11. The molecule has 2 aromatic rings. The van der Waals surface area contributed by atoms with Crippen LogP contribution >= 0.6 is 0 Å². The molecule has 1 aliphatic rings. The van der Waals surface area contributed by atoms with Gasteiger partial charge in [-0.1, -0.05) is 18.2 Å². The number of para-hydroxylation sites is 1. The highest BCUT2D eigenvalue weighted by atomic mass is 16.3. The fourth-order valence-electron chi connectivity index (χ4n) is 3.61. The Kier molecular flexibility index (Phi) is 5.96. The highest BCUT2D eigenvalue weighted by molar-refractivity contribution is 5.93. The lowest BCUT2D eigenvalue weighted by atomic mass is 10.0. The quantitative estimate of drug-likeness (QED) is 0.412. The van der Waals surface area contributed by atoms with Crippen molar-refractivity contribution in [2.75, 3.05) is 13.2 Å². The maximum atomic E-state index is 12.8. The molecule has 1 aliphatic heterocycles. The van der Waals surface area contributed by atoms with Gasteiger partial charge in [-0.15, -0.1) is 0 Å². The number of aliphatic hydroxyl groups excluding tert-OH is 1. The number of H-pyrrole nitrogens is 1. The summed E-state index contributed by atoms with van der Waals surface area (Å²) < 4.78 is 0. The average Bonchev–Trinajstić information content (AvgIpc) is 3.33. The topological polar surface area (TPSA) is 155 Å². The van der Waals surface area contributed by atoms with E-state index in [4.69, 9.17) is 16.6 Å². The number of hydrogen-bond acceptors (Lipinski definition) is 5. The summed E-state index contributed by atoms with van der Waals surface area (Å²) in [6, 6.07) is 4.94. The highest BCUT2D eigenvalue weighted by Gasteiger charge is 2.37. The second kappa shape index (κ2) is 8.41. The van der Waals surface area contributed by atoms with Crippen LogP contribution in [0.1, 0.15) is 18.4 Å². The van der Waals surface area contributed by atoms with Crippen molar-refractivity contribution in [3.63, 3.8) is 0 Å². The van der Waals surface area contributed by atoms with E-state index >= 15 is 0 Å². The van der Waals surface area contributed by atoms with Gasteiger partial charge in [-0.05, 0) is 24.5 Å². The Bertz CT molecular complexity index is 880. The van der Waals surface area contributed by atoms with Crippen LogP contribution in [0.5, 0.6) is 0 Å². The molecule has 28 heavy (non-hydrogen) atoms. The molecule has 0 unspecified atom stereocenters. The molecule has 1 saturated heterocycles. The van der Waals surface area contributed by atoms with E-state index < -0.39 is 42.5 Å². The molecule has 150 valence electrons. The standard InChI is InChI=1S/C19H25N5O4/c20-13(10-25)19(28)24-7-3-6-16(24)18(27)23-15(17(21)26)8-11-9-22-14-5-2-1-4-12(11)14/h1-2,4-5,9,13,15-16,22,25H,3,6-8,10,20H2,(H2,21,26)(H,23,27)/t13-,15-,16-/m0/s1. The summed E-state index contributed by atoms with van der Waals surface area (Å²) in [5.41, 5.74) is 12.9. The maximum absolute atomic E-state index is 12.8. The number of aromatic amines is 1. The predicted molar refractivity (Wildman–Crippen MR) is 103 cm³/mol. The van der Waals surface area contributed by atoms with E-state index in [9.17, 15) is 14.4 Å². The summed E-state index contributed by atoms with van der Waals surface area (Å²) >= 11 is 0. The zero-order chi connectivity index (χ0) is 20.3. The van der Waals surface area contributed by atoms with E-state index in [2.05, 4.69) is 10.3 Å². The molecular formula is C19H25N5O4. The molecule has 3 atom stereocenters. The Morgan fingerprint density at radius 1 is 1.32 bits per heavy atom. The monoisotopic (exact) mass is 387 g/mol. The van der Waals surface area contributed by atoms with Gasteiger partial charge in [0.1, 0.15) is 18.1 Å². The molecule has 0 saturated carbocycles. The van der Waals surface area contributed by atoms with Crippen molar-refractivity contribution in [3.05, 3.63) is 36.0 Å². The van der Waals surface area contributed by atoms with Crippen LogP contribution in [-0.4, -0.2) is 64.0 Å². The minimum Gasteiger partial charge on any atom is -0.394 e. The number of fused-ring (bicyclic) bond motifs is 1. The van der Waals surface area contributed by atoms with Crippen LogP contribution < -0.4 is 16.8 Å². The minimum atomic E-state index is -1.06. The van der Waals surface area contributed by atoms with Crippen LogP contribution in [0, 0.1) is 0 Å². The summed E-state index contributed by atoms with van der Waals surface area (Å²) in [6.07, 6.45) is 3.14. The van der Waals surface area contributed by atoms with Crippen molar-refractivity contribution in [3.8, 4) is 0 Å². The molecule has 1 aromatic heterocycles. The zero-order valence-corrected chi connectivity index (χ0v) is 15.4. The second-order valence-electron chi connectivity index (χ2n) is 7.01. The Hall–Kier alpha value is -2.91. The van der Waals surface area contributed by atoms with Crippen molar-refractivity contribution in [1.29, 1.82) is 0 Å². The van der Waals surface area contributed by atoms with Crippen molar-refractivity contribution in [2.24, 2.45) is 11.5 Å². The number of amides is 3. The van der Waals surface area contributed by atoms with E-state index in [1.54, 1.807) is 6.20 Å². The number of nitrogens with one attached hydrogen (secondary N) is 2. The number of carbonyl (C=O) groups excluding carboxylic acids is 3. The van der Waals surface area contributed by atoms with Gasteiger partial charge in [0, 0.05) is 30.1 Å². The van der Waals surface area contributed by atoms with Crippen LogP contribution in [0.2, 0.25) is 0 Å². The summed E-state index contributed by atoms with van der Waals surface area (Å²) in [7, 11) is 0. The fourth-order valence-corrected chi connectivity index (χ4v) is 3.61. The SMILES string of the molecule is NC(=O)[C@H](Cc1c[nH]c2ccccc12)NC(=O)[C@@H]1CCCN1C(=O)[C@@H](N)CO. The van der Waals surface area contributed by atoms with Gasteiger partial charge in [0.15, 0.2) is 0 Å². The molecule has 1 aromatic carbocycles. The number of likely N-dealkylation sites (tertiary alicyclic amines) is 1. The fraction of sp³-hybridized carbons (Fsp3) is 0.421. The molecule has 2 heterocycles. The molecule has 1 fully saturated rings. The molecule has 0 spiro atoms. The lowest BCUT2D eigenvalue weighted by Gasteiger charge is -2.27. The largest absolute Gasteiger partial charge is 0.394 e. The van der Waals surface area contributed by atoms with Gasteiger partial charge in [-0.2, -0.15) is 0 Å². The molecule has 3 rings (SSSR count). The summed E-state index contributed by atoms with van der Waals surface area (Å²) in [6.45, 7) is -0.109. The highest BCUT2D eigenvalue weighted by Crippen LogP contribution is 2.21. The number of aliphatic hydroxyl groups is 1. The Balaban J connectivity index is 1.72. The van der Waals surface area contributed by atoms with Gasteiger partial charge in [0.25, 0.3) is 0 Å². The molecular weight excluding hydrogens is 362 g/mol. The van der Waals surface area contributed by atoms with Crippen molar-refractivity contribution >= 4 is 28.6 Å². The minimum absolute atomic E-state index is 0.238. The molecule has 9 heteroatoms. The van der Waals surface area contributed by atoms with Crippen LogP contribution in [0.25, 0.3) is 10.9 Å². The summed E-state index contributed by atoms with van der Waals surface area (Å²) in [5, 5.41) is 12.7. The summed E-state index contributed by atoms with van der Waals surface area (Å²) in [4.78, 5) is 41.5. The van der Waals surface area contributed by atoms with Crippen LogP contribution in [0.4, 0.5) is 0 Å². The number of aromatic nitrogens is 1. The molecule has 0 aliphatic carbocycles. The first-order valence-electron chi connectivity index (χ1n) is 9.24. The van der Waals surface area contributed by atoms with E-state index in [0.29, 0.717) is 19.4 Å². The molecule has 3 amide bonds. The Morgan fingerprint density at radius 3 is 2.79 bits per heavy atom. The first-order valence-corrected chi connectivity index (χ1v) is 9.24. The van der Waals surface area contributed by atoms with Gasteiger partial charge in [0.05, 0.1) is 6.61 Å². The van der Waals surface area contributed by atoms with Crippen molar-refractivity contribution in [1.82, 2.24) is 15.2 Å². The lowest BCUT2D eigenvalue weighted by Crippen LogP contribution is -2.55. The smallest absolute Gasteiger partial charge is 0.243 e. The van der Waals surface area contributed by atoms with Crippen molar-refractivity contribution < 1.29 is 19.5 Å². The van der Waals surface area contributed by atoms with E-state index in [1.807, 2.05) is 24.3 Å². The number of benzene rings is 1. The van der Waals surface area contributed by atoms with Gasteiger partial charge >= 0.3 is 0 Å². The normalized spacial score (nSPS) is 18.8. The van der Waals surface area contributed by atoms with E-state index in [-0.39, 0.29) is 6.42 Å². The third-order valence-electron chi connectivity index (χ3n) is 5.11. The average molecular weight is 387 g/mol. The van der Waals surface area contributed by atoms with E-state index in [0.717, 1.165) is 16.5 Å². The number of nitrogens with zero attached hydrogens (tertiary/aromatic N) is 1. The molecule has 0 radical (unpaired) electrons. The lowest BCUT2D eigenvalue weighted by molar-refractivity contribution is -0.140. The first kappa shape index (κ1) is 19.8. The number of nitrogens with two attached hydrogens (primary N) is 2. The van der Waals surface area contributed by atoms with Crippen LogP contribution in [0.3, 0.4) is 0 Å². The van der Waals surface area contributed by atoms with Crippen LogP contribution in [-0.2, 0) is 20.8 Å². The first-order chi connectivity index (χ1) is 13.4. The van der Waals surface area contributed by atoms with E-state index in [1.165, 1.54) is 4.90 Å². The number of rotatable bonds is 7. The number of carbonyl (C=O) groups is 3. The maximum Gasteiger partial charge on any atom is 0.243 e. The zero-order valence-electron chi connectivity index (χ0n) is 15.4. The molecule has 9 nitrogen and oxygen atoms in total. The van der Waals surface area contributed by atoms with Gasteiger partial charge in [-0.3, -0.25) is 14.4 Å². The van der Waals surface area contributed by atoms with Crippen LogP contribution in [0.15, 0.2) is 30.5 Å². The van der Waals surface area contributed by atoms with Gasteiger partial charge in [-0.25, -0.2) is 0 Å². The third kappa shape index (κ3) is 4.00. The number of hydrogen-bond donors (Lipinski definition) is 5.